The van der Waals surface area contributed by atoms with Gasteiger partial charge in [0.2, 0.25) is 0 Å². The molecule has 5 nitrogen and oxygen atoms in total. The van der Waals surface area contributed by atoms with E-state index < -0.39 is 9.84 Å². The fourth-order valence-corrected chi connectivity index (χ4v) is 2.44. The van der Waals surface area contributed by atoms with Gasteiger partial charge in [0.25, 0.3) is 0 Å². The van der Waals surface area contributed by atoms with Crippen molar-refractivity contribution in [1.82, 2.24) is 10.2 Å². The van der Waals surface area contributed by atoms with Crippen LogP contribution in [0.25, 0.3) is 0 Å². The molecule has 6 heteroatoms. The van der Waals surface area contributed by atoms with E-state index in [1.54, 1.807) is 0 Å². The molecule has 0 bridgehead atoms. The third-order valence-electron chi connectivity index (χ3n) is 2.76. The third-order valence-corrected chi connectivity index (χ3v) is 3.70. The Bertz CT molecular complexity index is 328. The Labute approximate surface area is 104 Å². The van der Waals surface area contributed by atoms with Crippen molar-refractivity contribution in [3.05, 3.63) is 0 Å². The number of nitrogens with zero attached hydrogens (tertiary/aromatic N) is 1. The van der Waals surface area contributed by atoms with Gasteiger partial charge < -0.3 is 10.1 Å². The normalized spacial score (nSPS) is 21.6. The lowest BCUT2D eigenvalue weighted by Gasteiger charge is -2.38. The first-order valence-electron chi connectivity index (χ1n) is 6.03. The van der Waals surface area contributed by atoms with Crippen LogP contribution in [0.1, 0.15) is 13.8 Å². The van der Waals surface area contributed by atoms with Crippen molar-refractivity contribution in [3.63, 3.8) is 0 Å². The molecule has 1 fully saturated rings. The molecular formula is C11H24N2O3S. The zero-order valence-corrected chi connectivity index (χ0v) is 11.8. The SMILES string of the molecule is CC1(C)CN(CCNCCS(C)(=O)=O)CCO1. The first kappa shape index (κ1) is 14.9. The molecule has 0 aliphatic carbocycles. The second-order valence-corrected chi connectivity index (χ2v) is 7.52. The lowest BCUT2D eigenvalue weighted by molar-refractivity contribution is -0.0854. The molecule has 0 amide bonds. The van der Waals surface area contributed by atoms with Gasteiger partial charge >= 0.3 is 0 Å². The van der Waals surface area contributed by atoms with Crippen LogP contribution >= 0.6 is 0 Å². The Morgan fingerprint density at radius 1 is 1.35 bits per heavy atom. The average Bonchev–Trinajstić information content (AvgIpc) is 2.13. The lowest BCUT2D eigenvalue weighted by atomic mass is 10.1. The minimum Gasteiger partial charge on any atom is -0.373 e. The van der Waals surface area contributed by atoms with Crippen molar-refractivity contribution in [1.29, 1.82) is 0 Å². The predicted molar refractivity (Wildman–Crippen MR) is 69.1 cm³/mol. The molecule has 1 heterocycles. The Morgan fingerprint density at radius 3 is 2.65 bits per heavy atom. The van der Waals surface area contributed by atoms with Crippen molar-refractivity contribution in [2.24, 2.45) is 0 Å². The van der Waals surface area contributed by atoms with E-state index in [1.165, 1.54) is 6.26 Å². The molecule has 0 atom stereocenters. The van der Waals surface area contributed by atoms with Crippen molar-refractivity contribution >= 4 is 9.84 Å². The lowest BCUT2D eigenvalue weighted by Crippen LogP contribution is -2.50. The number of hydrogen-bond acceptors (Lipinski definition) is 5. The van der Waals surface area contributed by atoms with E-state index in [4.69, 9.17) is 4.74 Å². The smallest absolute Gasteiger partial charge is 0.148 e. The number of morpholine rings is 1. The van der Waals surface area contributed by atoms with Crippen LogP contribution in [0.3, 0.4) is 0 Å². The highest BCUT2D eigenvalue weighted by Crippen LogP contribution is 2.15. The maximum Gasteiger partial charge on any atom is 0.148 e. The Kier molecular flexibility index (Phi) is 5.37. The minimum atomic E-state index is -2.84. The van der Waals surface area contributed by atoms with Gasteiger partial charge in [-0.05, 0) is 13.8 Å². The van der Waals surface area contributed by atoms with Crippen LogP contribution in [0.4, 0.5) is 0 Å². The van der Waals surface area contributed by atoms with Crippen LogP contribution in [-0.2, 0) is 14.6 Å². The van der Waals surface area contributed by atoms with Gasteiger partial charge in [0.1, 0.15) is 9.84 Å². The molecule has 0 aromatic carbocycles. The molecule has 0 aromatic rings. The molecule has 0 saturated carbocycles. The van der Waals surface area contributed by atoms with Gasteiger partial charge in [0.15, 0.2) is 0 Å². The molecule has 0 spiro atoms. The minimum absolute atomic E-state index is 0.0645. The third kappa shape index (κ3) is 6.98. The summed E-state index contributed by atoms with van der Waals surface area (Å²) in [6.07, 6.45) is 1.26. The van der Waals surface area contributed by atoms with E-state index in [9.17, 15) is 8.42 Å². The zero-order valence-electron chi connectivity index (χ0n) is 11.0. The summed E-state index contributed by atoms with van der Waals surface area (Å²) in [5.41, 5.74) is -0.0645. The molecule has 1 rings (SSSR count). The number of ether oxygens (including phenoxy) is 1. The standard InChI is InChI=1S/C11H24N2O3S/c1-11(2)10-13(7-8-16-11)6-4-12-5-9-17(3,14)15/h12H,4-10H2,1-3H3. The van der Waals surface area contributed by atoms with Crippen molar-refractivity contribution < 1.29 is 13.2 Å². The van der Waals surface area contributed by atoms with E-state index >= 15 is 0 Å². The van der Waals surface area contributed by atoms with E-state index in [0.717, 1.165) is 32.8 Å². The highest BCUT2D eigenvalue weighted by molar-refractivity contribution is 7.90. The summed E-state index contributed by atoms with van der Waals surface area (Å²) < 4.78 is 27.5. The quantitative estimate of drug-likeness (QED) is 0.669. The molecule has 1 saturated heterocycles. The summed E-state index contributed by atoms with van der Waals surface area (Å²) in [6.45, 7) is 9.15. The van der Waals surface area contributed by atoms with E-state index in [0.29, 0.717) is 6.54 Å². The number of sulfone groups is 1. The van der Waals surface area contributed by atoms with Crippen LogP contribution in [0, 0.1) is 0 Å². The predicted octanol–water partition coefficient (Wildman–Crippen LogP) is -0.269. The molecule has 102 valence electrons. The van der Waals surface area contributed by atoms with Crippen LogP contribution in [0.2, 0.25) is 0 Å². The van der Waals surface area contributed by atoms with Gasteiger partial charge in [-0.3, -0.25) is 4.90 Å². The van der Waals surface area contributed by atoms with Gasteiger partial charge in [-0.2, -0.15) is 0 Å². The fraction of sp³-hybridized carbons (Fsp3) is 1.00. The van der Waals surface area contributed by atoms with E-state index in [2.05, 4.69) is 24.1 Å². The molecule has 0 radical (unpaired) electrons. The van der Waals surface area contributed by atoms with Gasteiger partial charge in [0.05, 0.1) is 18.0 Å². The summed E-state index contributed by atoms with van der Waals surface area (Å²) in [7, 11) is -2.84. The molecule has 17 heavy (non-hydrogen) atoms. The van der Waals surface area contributed by atoms with Gasteiger partial charge in [-0.15, -0.1) is 0 Å². The highest BCUT2D eigenvalue weighted by Gasteiger charge is 2.26. The first-order chi connectivity index (χ1) is 7.79. The maximum absolute atomic E-state index is 10.9. The average molecular weight is 264 g/mol. The Balaban J connectivity index is 2.11. The topological polar surface area (TPSA) is 58.6 Å². The van der Waals surface area contributed by atoms with E-state index in [-0.39, 0.29) is 11.4 Å². The van der Waals surface area contributed by atoms with Crippen LogP contribution < -0.4 is 5.32 Å². The van der Waals surface area contributed by atoms with Crippen molar-refractivity contribution in [2.75, 3.05) is 51.3 Å². The second-order valence-electron chi connectivity index (χ2n) is 5.26. The van der Waals surface area contributed by atoms with Gasteiger partial charge in [0, 0.05) is 39.0 Å². The monoisotopic (exact) mass is 264 g/mol. The van der Waals surface area contributed by atoms with Crippen molar-refractivity contribution in [3.8, 4) is 0 Å². The van der Waals surface area contributed by atoms with Crippen LogP contribution in [0.5, 0.6) is 0 Å². The molecule has 1 aliphatic heterocycles. The first-order valence-corrected chi connectivity index (χ1v) is 8.09. The summed E-state index contributed by atoms with van der Waals surface area (Å²) in [4.78, 5) is 2.34. The number of hydrogen-bond donors (Lipinski definition) is 1. The fourth-order valence-electron chi connectivity index (χ4n) is 1.92. The molecule has 1 aliphatic rings. The largest absolute Gasteiger partial charge is 0.373 e. The maximum atomic E-state index is 10.9. The molecule has 0 unspecified atom stereocenters. The zero-order chi connectivity index (χ0) is 12.9. The number of nitrogens with one attached hydrogen (secondary N) is 1. The second kappa shape index (κ2) is 6.13. The highest BCUT2D eigenvalue weighted by atomic mass is 32.2. The Hall–Kier alpha value is -0.170. The number of rotatable bonds is 6. The van der Waals surface area contributed by atoms with Crippen molar-refractivity contribution in [2.45, 2.75) is 19.4 Å². The van der Waals surface area contributed by atoms with Gasteiger partial charge in [-0.25, -0.2) is 8.42 Å². The Morgan fingerprint density at radius 2 is 2.06 bits per heavy atom. The summed E-state index contributed by atoms with van der Waals surface area (Å²) in [5.74, 6) is 0.210. The summed E-state index contributed by atoms with van der Waals surface area (Å²) in [5, 5.41) is 3.15. The molecule has 0 aromatic heterocycles. The molecular weight excluding hydrogens is 240 g/mol. The van der Waals surface area contributed by atoms with E-state index in [1.807, 2.05) is 0 Å². The van der Waals surface area contributed by atoms with Crippen LogP contribution in [-0.4, -0.2) is 70.3 Å². The van der Waals surface area contributed by atoms with Crippen LogP contribution in [0.15, 0.2) is 0 Å². The molecule has 1 N–H and O–H groups in total. The summed E-state index contributed by atoms with van der Waals surface area (Å²) >= 11 is 0. The summed E-state index contributed by atoms with van der Waals surface area (Å²) in [6, 6.07) is 0. The van der Waals surface area contributed by atoms with Gasteiger partial charge in [-0.1, -0.05) is 0 Å².